The van der Waals surface area contributed by atoms with Crippen molar-refractivity contribution in [2.45, 2.75) is 38.0 Å². The van der Waals surface area contributed by atoms with Crippen molar-refractivity contribution in [3.8, 4) is 0 Å². The molecule has 2 atom stereocenters. The molecule has 1 amide bonds. The van der Waals surface area contributed by atoms with Crippen LogP contribution >= 0.6 is 0 Å². The standard InChI is InChI=1S/C26H33N3O5S/c1-19-15-20(2)17-29(16-19)35(32,33)24-11-5-21(6-12-24)26(31)34-18-25(30)27-22-7-9-23(10-8-22)28-13-3-4-14-28/h5-12,19-20H,3-4,13-18H2,1-2H3,(H,27,30). The van der Waals surface area contributed by atoms with Gasteiger partial charge in [-0.2, -0.15) is 4.31 Å². The van der Waals surface area contributed by atoms with Gasteiger partial charge in [-0.3, -0.25) is 4.79 Å². The predicted molar refractivity (Wildman–Crippen MR) is 135 cm³/mol. The lowest BCUT2D eigenvalue weighted by atomic mass is 9.94. The molecule has 2 saturated heterocycles. The molecular formula is C26H33N3O5S. The minimum Gasteiger partial charge on any atom is -0.452 e. The summed E-state index contributed by atoms with van der Waals surface area (Å²) in [5.74, 6) is -0.526. The normalized spacial score (nSPS) is 21.0. The summed E-state index contributed by atoms with van der Waals surface area (Å²) in [4.78, 5) is 27.0. The summed E-state index contributed by atoms with van der Waals surface area (Å²) in [5, 5.41) is 2.72. The van der Waals surface area contributed by atoms with Crippen LogP contribution in [0.3, 0.4) is 0 Å². The third-order valence-electron chi connectivity index (χ3n) is 6.52. The number of amides is 1. The maximum atomic E-state index is 13.0. The molecule has 0 aromatic heterocycles. The Bertz CT molecular complexity index is 1130. The molecular weight excluding hydrogens is 466 g/mol. The minimum atomic E-state index is -3.63. The van der Waals surface area contributed by atoms with E-state index in [2.05, 4.69) is 24.1 Å². The smallest absolute Gasteiger partial charge is 0.338 e. The molecule has 1 N–H and O–H groups in total. The number of nitrogens with zero attached hydrogens (tertiary/aromatic N) is 2. The Labute approximate surface area is 207 Å². The Kier molecular flexibility index (Phi) is 7.76. The number of benzene rings is 2. The second-order valence-electron chi connectivity index (χ2n) is 9.66. The van der Waals surface area contributed by atoms with Gasteiger partial charge in [0.25, 0.3) is 5.91 Å². The average molecular weight is 500 g/mol. The van der Waals surface area contributed by atoms with Crippen molar-refractivity contribution in [1.82, 2.24) is 4.31 Å². The zero-order valence-electron chi connectivity index (χ0n) is 20.3. The molecule has 2 unspecified atom stereocenters. The minimum absolute atomic E-state index is 0.144. The molecule has 2 aromatic rings. The molecule has 2 aromatic carbocycles. The Morgan fingerprint density at radius 1 is 0.943 bits per heavy atom. The van der Waals surface area contributed by atoms with Gasteiger partial charge >= 0.3 is 5.97 Å². The first kappa shape index (κ1) is 25.2. The van der Waals surface area contributed by atoms with Crippen molar-refractivity contribution in [3.05, 3.63) is 54.1 Å². The number of carbonyl (C=O) groups is 2. The molecule has 2 heterocycles. The van der Waals surface area contributed by atoms with Crippen LogP contribution in [0.1, 0.15) is 43.5 Å². The van der Waals surface area contributed by atoms with E-state index in [1.54, 1.807) is 0 Å². The van der Waals surface area contributed by atoms with Gasteiger partial charge in [-0.25, -0.2) is 13.2 Å². The largest absolute Gasteiger partial charge is 0.452 e. The van der Waals surface area contributed by atoms with Crippen molar-refractivity contribution in [3.63, 3.8) is 0 Å². The van der Waals surface area contributed by atoms with Crippen LogP contribution < -0.4 is 10.2 Å². The van der Waals surface area contributed by atoms with Crippen molar-refractivity contribution in [1.29, 1.82) is 0 Å². The van der Waals surface area contributed by atoms with E-state index in [0.717, 1.165) is 25.2 Å². The van der Waals surface area contributed by atoms with Crippen molar-refractivity contribution < 1.29 is 22.7 Å². The number of anilines is 2. The summed E-state index contributed by atoms with van der Waals surface area (Å²) in [6.45, 7) is 6.75. The van der Waals surface area contributed by atoms with Gasteiger partial charge < -0.3 is 15.0 Å². The second kappa shape index (κ2) is 10.8. The number of rotatable bonds is 7. The molecule has 0 radical (unpaired) electrons. The summed E-state index contributed by atoms with van der Waals surface area (Å²) in [7, 11) is -3.63. The van der Waals surface area contributed by atoms with E-state index in [4.69, 9.17) is 4.74 Å². The van der Waals surface area contributed by atoms with Crippen LogP contribution in [0.15, 0.2) is 53.4 Å². The van der Waals surface area contributed by atoms with Crippen molar-refractivity contribution in [2.75, 3.05) is 43.0 Å². The first-order valence-corrected chi connectivity index (χ1v) is 13.6. The van der Waals surface area contributed by atoms with E-state index in [9.17, 15) is 18.0 Å². The van der Waals surface area contributed by atoms with E-state index in [1.807, 2.05) is 24.3 Å². The molecule has 4 rings (SSSR count). The molecule has 2 aliphatic rings. The van der Waals surface area contributed by atoms with Crippen LogP contribution in [0.2, 0.25) is 0 Å². The topological polar surface area (TPSA) is 96.0 Å². The van der Waals surface area contributed by atoms with Crippen LogP contribution in [-0.4, -0.2) is 57.4 Å². The highest BCUT2D eigenvalue weighted by Crippen LogP contribution is 2.27. The summed E-state index contributed by atoms with van der Waals surface area (Å²) in [6, 6.07) is 13.3. The predicted octanol–water partition coefficient (Wildman–Crippen LogP) is 3.75. The first-order chi connectivity index (χ1) is 16.7. The fourth-order valence-electron chi connectivity index (χ4n) is 4.86. The number of hydrogen-bond donors (Lipinski definition) is 1. The number of piperidine rings is 1. The van der Waals surface area contributed by atoms with E-state index in [-0.39, 0.29) is 10.5 Å². The monoisotopic (exact) mass is 499 g/mol. The Morgan fingerprint density at radius 2 is 1.54 bits per heavy atom. The highest BCUT2D eigenvalue weighted by atomic mass is 32.2. The van der Waals surface area contributed by atoms with Crippen LogP contribution in [-0.2, 0) is 19.6 Å². The van der Waals surface area contributed by atoms with Gasteiger partial charge in [0.1, 0.15) is 0 Å². The average Bonchev–Trinajstić information content (AvgIpc) is 3.37. The van der Waals surface area contributed by atoms with E-state index < -0.39 is 28.5 Å². The molecule has 0 saturated carbocycles. The number of nitrogens with one attached hydrogen (secondary N) is 1. The second-order valence-corrected chi connectivity index (χ2v) is 11.6. The van der Waals surface area contributed by atoms with Crippen LogP contribution in [0.25, 0.3) is 0 Å². The Balaban J connectivity index is 1.29. The zero-order chi connectivity index (χ0) is 25.0. The lowest BCUT2D eigenvalue weighted by molar-refractivity contribution is -0.119. The fourth-order valence-corrected chi connectivity index (χ4v) is 6.54. The quantitative estimate of drug-likeness (QED) is 0.583. The molecule has 9 heteroatoms. The maximum Gasteiger partial charge on any atom is 0.338 e. The van der Waals surface area contributed by atoms with Gasteiger partial charge in [-0.05, 0) is 79.6 Å². The highest BCUT2D eigenvalue weighted by Gasteiger charge is 2.31. The van der Waals surface area contributed by atoms with E-state index >= 15 is 0 Å². The molecule has 8 nitrogen and oxygen atoms in total. The Hall–Kier alpha value is -2.91. The summed E-state index contributed by atoms with van der Waals surface area (Å²) in [5.41, 5.74) is 1.94. The van der Waals surface area contributed by atoms with Gasteiger partial charge in [0, 0.05) is 37.6 Å². The first-order valence-electron chi connectivity index (χ1n) is 12.1. The summed E-state index contributed by atoms with van der Waals surface area (Å²) < 4.78 is 32.6. The fraction of sp³-hybridized carbons (Fsp3) is 0.462. The molecule has 0 spiro atoms. The van der Waals surface area contributed by atoms with Gasteiger partial charge in [0.2, 0.25) is 10.0 Å². The third-order valence-corrected chi connectivity index (χ3v) is 8.37. The van der Waals surface area contributed by atoms with Gasteiger partial charge in [-0.15, -0.1) is 0 Å². The summed E-state index contributed by atoms with van der Waals surface area (Å²) in [6.07, 6.45) is 3.40. The summed E-state index contributed by atoms with van der Waals surface area (Å²) >= 11 is 0. The van der Waals surface area contributed by atoms with Gasteiger partial charge in [0.15, 0.2) is 6.61 Å². The van der Waals surface area contributed by atoms with Gasteiger partial charge in [-0.1, -0.05) is 13.8 Å². The highest BCUT2D eigenvalue weighted by molar-refractivity contribution is 7.89. The Morgan fingerprint density at radius 3 is 2.14 bits per heavy atom. The molecule has 0 bridgehead atoms. The van der Waals surface area contributed by atoms with Crippen LogP contribution in [0.4, 0.5) is 11.4 Å². The maximum absolute atomic E-state index is 13.0. The number of ether oxygens (including phenoxy) is 1. The number of sulfonamides is 1. The number of hydrogen-bond acceptors (Lipinski definition) is 6. The van der Waals surface area contributed by atoms with Crippen LogP contribution in [0, 0.1) is 11.8 Å². The zero-order valence-corrected chi connectivity index (χ0v) is 21.1. The lowest BCUT2D eigenvalue weighted by Gasteiger charge is -2.34. The van der Waals surface area contributed by atoms with Crippen molar-refractivity contribution in [2.24, 2.45) is 11.8 Å². The third kappa shape index (κ3) is 6.21. The molecule has 188 valence electrons. The lowest BCUT2D eigenvalue weighted by Crippen LogP contribution is -2.42. The molecule has 35 heavy (non-hydrogen) atoms. The number of carbonyl (C=O) groups excluding carboxylic acids is 2. The van der Waals surface area contributed by atoms with E-state index in [1.165, 1.54) is 41.4 Å². The SMILES string of the molecule is CC1CC(C)CN(S(=O)(=O)c2ccc(C(=O)OCC(=O)Nc3ccc(N4CCCC4)cc3)cc2)C1. The molecule has 0 aliphatic carbocycles. The van der Waals surface area contributed by atoms with Crippen LogP contribution in [0.5, 0.6) is 0 Å². The molecule has 2 aliphatic heterocycles. The van der Waals surface area contributed by atoms with Gasteiger partial charge in [0.05, 0.1) is 10.5 Å². The molecule has 2 fully saturated rings. The van der Waals surface area contributed by atoms with E-state index in [0.29, 0.717) is 30.6 Å². The van der Waals surface area contributed by atoms with Crippen molar-refractivity contribution >= 4 is 33.3 Å². The number of esters is 1.